The van der Waals surface area contributed by atoms with Crippen LogP contribution in [-0.4, -0.2) is 41.1 Å². The lowest BCUT2D eigenvalue weighted by molar-refractivity contribution is -0.123. The molecule has 2 aromatic carbocycles. The number of esters is 1. The first-order chi connectivity index (χ1) is 12.9. The predicted molar refractivity (Wildman–Crippen MR) is 101 cm³/mol. The standard InChI is InChI=1S/C17H18N2O7S2/c1-11(16(20)19-13-5-9-15(10-6-13)28(18,24)25)26-17(21)12-3-7-14(8-4-12)27(2,22)23/h3-11H,1-2H3,(H,19,20)(H2,18,24,25). The smallest absolute Gasteiger partial charge is 0.338 e. The van der Waals surface area contributed by atoms with Gasteiger partial charge < -0.3 is 10.1 Å². The number of anilines is 1. The summed E-state index contributed by atoms with van der Waals surface area (Å²) >= 11 is 0. The number of ether oxygens (including phenoxy) is 1. The van der Waals surface area contributed by atoms with Crippen LogP contribution < -0.4 is 10.5 Å². The molecule has 11 heteroatoms. The van der Waals surface area contributed by atoms with Gasteiger partial charge in [-0.25, -0.2) is 26.8 Å². The normalized spacial score (nSPS) is 12.8. The van der Waals surface area contributed by atoms with Gasteiger partial charge in [0.2, 0.25) is 10.0 Å². The van der Waals surface area contributed by atoms with E-state index in [0.717, 1.165) is 6.26 Å². The van der Waals surface area contributed by atoms with E-state index in [4.69, 9.17) is 9.88 Å². The summed E-state index contributed by atoms with van der Waals surface area (Å²) in [5.41, 5.74) is 0.377. The molecule has 0 aliphatic carbocycles. The molecule has 0 heterocycles. The lowest BCUT2D eigenvalue weighted by Crippen LogP contribution is -2.30. The van der Waals surface area contributed by atoms with E-state index in [9.17, 15) is 26.4 Å². The van der Waals surface area contributed by atoms with Gasteiger partial charge in [-0.15, -0.1) is 0 Å². The van der Waals surface area contributed by atoms with E-state index in [1.807, 2.05) is 0 Å². The summed E-state index contributed by atoms with van der Waals surface area (Å²) < 4.78 is 50.3. The van der Waals surface area contributed by atoms with Crippen molar-refractivity contribution in [2.24, 2.45) is 5.14 Å². The Balaban J connectivity index is 2.00. The molecule has 2 rings (SSSR count). The minimum atomic E-state index is -3.84. The van der Waals surface area contributed by atoms with Crippen LogP contribution in [0.15, 0.2) is 58.3 Å². The third-order valence-electron chi connectivity index (χ3n) is 3.62. The number of carbonyl (C=O) groups excluding carboxylic acids is 2. The molecular formula is C17H18N2O7S2. The SMILES string of the molecule is CC(OC(=O)c1ccc(S(C)(=O)=O)cc1)C(=O)Nc1ccc(S(N)(=O)=O)cc1. The van der Waals surface area contributed by atoms with Gasteiger partial charge in [0.1, 0.15) is 0 Å². The third-order valence-corrected chi connectivity index (χ3v) is 5.68. The van der Waals surface area contributed by atoms with Gasteiger partial charge >= 0.3 is 5.97 Å². The summed E-state index contributed by atoms with van der Waals surface area (Å²) in [6.07, 6.45) is -0.109. The fourth-order valence-electron chi connectivity index (χ4n) is 2.09. The monoisotopic (exact) mass is 426 g/mol. The summed E-state index contributed by atoms with van der Waals surface area (Å²) in [5.74, 6) is -1.43. The maximum atomic E-state index is 12.1. The molecule has 1 amide bonds. The average molecular weight is 426 g/mol. The van der Waals surface area contributed by atoms with Gasteiger partial charge in [0.05, 0.1) is 15.4 Å². The van der Waals surface area contributed by atoms with Crippen LogP contribution in [0.1, 0.15) is 17.3 Å². The second kappa shape index (κ2) is 8.09. The average Bonchev–Trinajstić information content (AvgIpc) is 2.60. The van der Waals surface area contributed by atoms with Crippen molar-refractivity contribution in [1.82, 2.24) is 0 Å². The number of primary sulfonamides is 1. The Morgan fingerprint density at radius 3 is 1.89 bits per heavy atom. The second-order valence-corrected chi connectivity index (χ2v) is 9.48. The largest absolute Gasteiger partial charge is 0.449 e. The van der Waals surface area contributed by atoms with E-state index in [1.165, 1.54) is 55.5 Å². The molecule has 0 fully saturated rings. The van der Waals surface area contributed by atoms with Crippen molar-refractivity contribution in [2.45, 2.75) is 22.8 Å². The third kappa shape index (κ3) is 5.62. The highest BCUT2D eigenvalue weighted by molar-refractivity contribution is 7.90. The zero-order valence-electron chi connectivity index (χ0n) is 14.9. The molecule has 9 nitrogen and oxygen atoms in total. The number of nitrogens with two attached hydrogens (primary N) is 1. The lowest BCUT2D eigenvalue weighted by atomic mass is 10.2. The summed E-state index contributed by atoms with van der Waals surface area (Å²) in [5, 5.41) is 7.47. The van der Waals surface area contributed by atoms with E-state index in [0.29, 0.717) is 0 Å². The minimum absolute atomic E-state index is 0.0535. The van der Waals surface area contributed by atoms with Crippen LogP contribution in [0.2, 0.25) is 0 Å². The summed E-state index contributed by atoms with van der Waals surface area (Å²) in [6, 6.07) is 10.3. The molecule has 0 bridgehead atoms. The molecule has 0 aliphatic rings. The highest BCUT2D eigenvalue weighted by atomic mass is 32.2. The molecule has 1 unspecified atom stereocenters. The van der Waals surface area contributed by atoms with E-state index in [1.54, 1.807) is 0 Å². The molecule has 0 saturated heterocycles. The first-order valence-corrected chi connectivity index (χ1v) is 11.3. The van der Waals surface area contributed by atoms with Crippen LogP contribution in [0.5, 0.6) is 0 Å². The number of sulfonamides is 1. The van der Waals surface area contributed by atoms with Gasteiger partial charge in [0.15, 0.2) is 15.9 Å². The quantitative estimate of drug-likeness (QED) is 0.652. The molecule has 1 atom stereocenters. The van der Waals surface area contributed by atoms with Crippen molar-refractivity contribution >= 4 is 37.4 Å². The summed E-state index contributed by atoms with van der Waals surface area (Å²) in [7, 11) is -7.23. The molecular weight excluding hydrogens is 408 g/mol. The maximum Gasteiger partial charge on any atom is 0.338 e. The Bertz CT molecular complexity index is 1090. The lowest BCUT2D eigenvalue weighted by Gasteiger charge is -2.14. The van der Waals surface area contributed by atoms with E-state index >= 15 is 0 Å². The Labute approximate surface area is 162 Å². The summed E-state index contributed by atoms with van der Waals surface area (Å²) in [6.45, 7) is 1.36. The highest BCUT2D eigenvalue weighted by Gasteiger charge is 2.20. The van der Waals surface area contributed by atoms with Gasteiger partial charge in [0.25, 0.3) is 5.91 Å². The number of hydrogen-bond donors (Lipinski definition) is 2. The molecule has 0 radical (unpaired) electrons. The minimum Gasteiger partial charge on any atom is -0.449 e. The second-order valence-electron chi connectivity index (χ2n) is 5.90. The topological polar surface area (TPSA) is 150 Å². The van der Waals surface area contributed by atoms with Crippen molar-refractivity contribution in [3.8, 4) is 0 Å². The summed E-state index contributed by atoms with van der Waals surface area (Å²) in [4.78, 5) is 24.2. The van der Waals surface area contributed by atoms with Crippen molar-refractivity contribution in [1.29, 1.82) is 0 Å². The molecule has 150 valence electrons. The number of carbonyl (C=O) groups is 2. The number of hydrogen-bond acceptors (Lipinski definition) is 7. The van der Waals surface area contributed by atoms with E-state index in [-0.39, 0.29) is 21.0 Å². The van der Waals surface area contributed by atoms with Gasteiger partial charge in [0, 0.05) is 11.9 Å². The number of rotatable bonds is 6. The van der Waals surface area contributed by atoms with Crippen LogP contribution in [0.25, 0.3) is 0 Å². The molecule has 3 N–H and O–H groups in total. The van der Waals surface area contributed by atoms with Crippen LogP contribution in [0.4, 0.5) is 5.69 Å². The molecule has 0 saturated carbocycles. The van der Waals surface area contributed by atoms with Crippen LogP contribution in [-0.2, 0) is 29.4 Å². The molecule has 0 spiro atoms. The zero-order valence-corrected chi connectivity index (χ0v) is 16.6. The Hall–Kier alpha value is -2.76. The fraction of sp³-hybridized carbons (Fsp3) is 0.176. The molecule has 2 aromatic rings. The Kier molecular flexibility index (Phi) is 6.22. The van der Waals surface area contributed by atoms with Crippen molar-refractivity contribution < 1.29 is 31.2 Å². The van der Waals surface area contributed by atoms with Gasteiger partial charge in [-0.3, -0.25) is 4.79 Å². The number of sulfone groups is 1. The Morgan fingerprint density at radius 2 is 1.43 bits per heavy atom. The maximum absolute atomic E-state index is 12.1. The number of amides is 1. The highest BCUT2D eigenvalue weighted by Crippen LogP contribution is 2.15. The molecule has 0 aliphatic heterocycles. The van der Waals surface area contributed by atoms with Crippen LogP contribution in [0, 0.1) is 0 Å². The zero-order chi connectivity index (χ0) is 21.1. The fourth-order valence-corrected chi connectivity index (χ4v) is 3.24. The van der Waals surface area contributed by atoms with Gasteiger partial charge in [-0.2, -0.15) is 0 Å². The van der Waals surface area contributed by atoms with Crippen LogP contribution >= 0.6 is 0 Å². The van der Waals surface area contributed by atoms with Crippen LogP contribution in [0.3, 0.4) is 0 Å². The van der Waals surface area contributed by atoms with Gasteiger partial charge in [-0.05, 0) is 55.5 Å². The molecule has 0 aromatic heterocycles. The van der Waals surface area contributed by atoms with E-state index < -0.39 is 37.8 Å². The van der Waals surface area contributed by atoms with Crippen molar-refractivity contribution in [2.75, 3.05) is 11.6 Å². The van der Waals surface area contributed by atoms with E-state index in [2.05, 4.69) is 5.32 Å². The predicted octanol–water partition coefficient (Wildman–Crippen LogP) is 0.922. The van der Waals surface area contributed by atoms with Crippen molar-refractivity contribution in [3.05, 3.63) is 54.1 Å². The van der Waals surface area contributed by atoms with Crippen molar-refractivity contribution in [3.63, 3.8) is 0 Å². The first-order valence-electron chi connectivity index (χ1n) is 7.83. The molecule has 28 heavy (non-hydrogen) atoms. The Morgan fingerprint density at radius 1 is 0.929 bits per heavy atom. The van der Waals surface area contributed by atoms with Gasteiger partial charge in [-0.1, -0.05) is 0 Å². The first kappa shape index (κ1) is 21.5. The number of benzene rings is 2. The number of nitrogens with one attached hydrogen (secondary N) is 1.